The lowest BCUT2D eigenvalue weighted by Crippen LogP contribution is -2.50. The van der Waals surface area contributed by atoms with Crippen molar-refractivity contribution >= 4 is 23.8 Å². The maximum atomic E-state index is 13.8. The molecule has 1 amide bonds. The molecule has 0 bridgehead atoms. The number of carbonyl (C=O) groups excluding carboxylic acids is 1. The summed E-state index contributed by atoms with van der Waals surface area (Å²) in [4.78, 5) is 42.0. The molecule has 5 heterocycles. The molecule has 0 atom stereocenters. The number of hydrogen-bond donors (Lipinski definition) is 1. The smallest absolute Gasteiger partial charge is 0.281 e. The number of alkyl halides is 2. The minimum absolute atomic E-state index is 0.00191. The Bertz CT molecular complexity index is 1150. The third kappa shape index (κ3) is 6.88. The molecule has 3 fully saturated rings. The molecule has 0 aromatic carbocycles. The van der Waals surface area contributed by atoms with Gasteiger partial charge in [0.1, 0.15) is 12.3 Å². The van der Waals surface area contributed by atoms with Gasteiger partial charge in [-0.25, -0.2) is 18.7 Å². The lowest BCUT2D eigenvalue weighted by atomic mass is 9.98. The predicted molar refractivity (Wildman–Crippen MR) is 143 cm³/mol. The number of amides is 1. The molecule has 2 aromatic heterocycles. The standard InChI is InChI=1S/C25H36F2N10O3/c1-34-4-2-17(3-5-34)15-40-16-19(38)35-6-8-36(9-7-35)24-31-22(18-14-29-23(28)30-20(18)21(26)27)32-25(33-24)37-10-12-39-13-11-37/h14,17,21H,2-13,15-16H2,1H3,(H2,28,29,30). The van der Waals surface area contributed by atoms with Gasteiger partial charge in [-0.05, 0) is 38.9 Å². The van der Waals surface area contributed by atoms with Gasteiger partial charge in [0.2, 0.25) is 23.8 Å². The van der Waals surface area contributed by atoms with Gasteiger partial charge >= 0.3 is 0 Å². The summed E-state index contributed by atoms with van der Waals surface area (Å²) in [5, 5.41) is 0. The molecule has 3 saturated heterocycles. The molecule has 3 aliphatic rings. The molecule has 40 heavy (non-hydrogen) atoms. The first-order chi connectivity index (χ1) is 19.4. The van der Waals surface area contributed by atoms with Crippen molar-refractivity contribution in [3.05, 3.63) is 11.9 Å². The lowest BCUT2D eigenvalue weighted by molar-refractivity contribution is -0.137. The molecule has 0 aliphatic carbocycles. The molecule has 3 aliphatic heterocycles. The molecule has 13 nitrogen and oxygen atoms in total. The second-order valence-corrected chi connectivity index (χ2v) is 10.3. The topological polar surface area (TPSA) is 139 Å². The van der Waals surface area contributed by atoms with Crippen LogP contribution in [0.4, 0.5) is 26.6 Å². The summed E-state index contributed by atoms with van der Waals surface area (Å²) in [5.41, 5.74) is 5.03. The Balaban J connectivity index is 1.27. The molecule has 15 heteroatoms. The van der Waals surface area contributed by atoms with E-state index in [1.165, 1.54) is 6.20 Å². The van der Waals surface area contributed by atoms with Crippen LogP contribution < -0.4 is 15.5 Å². The Morgan fingerprint density at radius 2 is 1.65 bits per heavy atom. The Morgan fingerprint density at radius 1 is 1.00 bits per heavy atom. The summed E-state index contributed by atoms with van der Waals surface area (Å²) in [6.07, 6.45) is 0.508. The molecule has 0 radical (unpaired) electrons. The largest absolute Gasteiger partial charge is 0.378 e. The van der Waals surface area contributed by atoms with Crippen molar-refractivity contribution in [3.63, 3.8) is 0 Å². The first kappa shape index (κ1) is 28.2. The average molecular weight is 563 g/mol. The number of hydrogen-bond acceptors (Lipinski definition) is 12. The Hall–Kier alpha value is -3.30. The van der Waals surface area contributed by atoms with Crippen molar-refractivity contribution in [2.24, 2.45) is 5.92 Å². The van der Waals surface area contributed by atoms with E-state index in [2.05, 4.69) is 36.9 Å². The fraction of sp³-hybridized carbons (Fsp3) is 0.680. The minimum Gasteiger partial charge on any atom is -0.378 e. The molecular formula is C25H36F2N10O3. The summed E-state index contributed by atoms with van der Waals surface area (Å²) in [6, 6.07) is 0. The number of morpholine rings is 1. The predicted octanol–water partition coefficient (Wildman–Crippen LogP) is 0.692. The van der Waals surface area contributed by atoms with E-state index < -0.39 is 12.1 Å². The van der Waals surface area contributed by atoms with Crippen molar-refractivity contribution in [1.82, 2.24) is 34.7 Å². The van der Waals surface area contributed by atoms with E-state index in [0.717, 1.165) is 25.9 Å². The molecule has 0 spiro atoms. The van der Waals surface area contributed by atoms with Crippen LogP contribution in [0.3, 0.4) is 0 Å². The van der Waals surface area contributed by atoms with E-state index in [9.17, 15) is 13.6 Å². The number of aromatic nitrogens is 5. The number of nitrogens with zero attached hydrogens (tertiary/aromatic N) is 9. The van der Waals surface area contributed by atoms with Crippen LogP contribution in [0.5, 0.6) is 0 Å². The quantitative estimate of drug-likeness (QED) is 0.484. The van der Waals surface area contributed by atoms with Gasteiger partial charge in [0, 0.05) is 45.5 Å². The fourth-order valence-electron chi connectivity index (χ4n) is 5.06. The normalized spacial score (nSPS) is 19.4. The summed E-state index contributed by atoms with van der Waals surface area (Å²) in [7, 11) is 2.12. The first-order valence-corrected chi connectivity index (χ1v) is 13.7. The third-order valence-corrected chi connectivity index (χ3v) is 7.52. The van der Waals surface area contributed by atoms with Gasteiger partial charge in [0.05, 0.1) is 25.4 Å². The van der Waals surface area contributed by atoms with Gasteiger partial charge in [-0.2, -0.15) is 15.0 Å². The highest BCUT2D eigenvalue weighted by Gasteiger charge is 2.27. The molecule has 0 saturated carbocycles. The monoisotopic (exact) mass is 562 g/mol. The van der Waals surface area contributed by atoms with Gasteiger partial charge in [-0.3, -0.25) is 4.79 Å². The number of rotatable bonds is 8. The van der Waals surface area contributed by atoms with Crippen LogP contribution in [0, 0.1) is 5.92 Å². The van der Waals surface area contributed by atoms with E-state index >= 15 is 0 Å². The summed E-state index contributed by atoms with van der Waals surface area (Å²) in [6.45, 7) is 6.81. The average Bonchev–Trinajstić information content (AvgIpc) is 2.98. The van der Waals surface area contributed by atoms with Crippen LogP contribution in [0.25, 0.3) is 11.4 Å². The summed E-state index contributed by atoms with van der Waals surface area (Å²) < 4.78 is 38.9. The van der Waals surface area contributed by atoms with Gasteiger partial charge < -0.3 is 34.8 Å². The summed E-state index contributed by atoms with van der Waals surface area (Å²) >= 11 is 0. The summed E-state index contributed by atoms with van der Waals surface area (Å²) in [5.74, 6) is 0.950. The first-order valence-electron chi connectivity index (χ1n) is 13.7. The van der Waals surface area contributed by atoms with Crippen molar-refractivity contribution in [3.8, 4) is 11.4 Å². The van der Waals surface area contributed by atoms with E-state index in [1.54, 1.807) is 4.90 Å². The number of anilines is 3. The van der Waals surface area contributed by atoms with E-state index in [1.807, 2.05) is 9.80 Å². The molecular weight excluding hydrogens is 526 g/mol. The molecule has 2 aromatic rings. The van der Waals surface area contributed by atoms with Crippen LogP contribution in [-0.4, -0.2) is 126 Å². The van der Waals surface area contributed by atoms with Crippen molar-refractivity contribution in [1.29, 1.82) is 0 Å². The Labute approximate surface area is 231 Å². The van der Waals surface area contributed by atoms with Gasteiger partial charge in [0.25, 0.3) is 6.43 Å². The zero-order valence-electron chi connectivity index (χ0n) is 22.7. The molecule has 5 rings (SSSR count). The number of piperidine rings is 1. The van der Waals surface area contributed by atoms with E-state index in [4.69, 9.17) is 15.2 Å². The second-order valence-electron chi connectivity index (χ2n) is 10.3. The highest BCUT2D eigenvalue weighted by molar-refractivity contribution is 5.77. The molecule has 0 unspecified atom stereocenters. The van der Waals surface area contributed by atoms with Crippen LogP contribution in [0.2, 0.25) is 0 Å². The van der Waals surface area contributed by atoms with E-state index in [-0.39, 0.29) is 29.9 Å². The molecule has 2 N–H and O–H groups in total. The van der Waals surface area contributed by atoms with Crippen LogP contribution >= 0.6 is 0 Å². The number of halogens is 2. The van der Waals surface area contributed by atoms with Crippen LogP contribution in [-0.2, 0) is 14.3 Å². The number of piperazine rings is 1. The Kier molecular flexibility index (Phi) is 9.11. The van der Waals surface area contributed by atoms with Crippen molar-refractivity contribution < 1.29 is 23.0 Å². The van der Waals surface area contributed by atoms with Gasteiger partial charge in [-0.1, -0.05) is 0 Å². The highest BCUT2D eigenvalue weighted by atomic mass is 19.3. The minimum atomic E-state index is -2.89. The van der Waals surface area contributed by atoms with Crippen molar-refractivity contribution in [2.75, 3.05) is 101 Å². The zero-order valence-corrected chi connectivity index (χ0v) is 22.7. The fourth-order valence-corrected chi connectivity index (χ4v) is 5.06. The number of carbonyl (C=O) groups is 1. The lowest BCUT2D eigenvalue weighted by Gasteiger charge is -2.35. The zero-order chi connectivity index (χ0) is 28.1. The number of ether oxygens (including phenoxy) is 2. The number of likely N-dealkylation sites (tertiary alicyclic amines) is 1. The van der Waals surface area contributed by atoms with E-state index in [0.29, 0.717) is 76.9 Å². The number of nitrogen functional groups attached to an aromatic ring is 1. The second kappa shape index (κ2) is 12.9. The van der Waals surface area contributed by atoms with Gasteiger partial charge in [-0.15, -0.1) is 0 Å². The van der Waals surface area contributed by atoms with Gasteiger partial charge in [0.15, 0.2) is 5.82 Å². The van der Waals surface area contributed by atoms with Crippen LogP contribution in [0.15, 0.2) is 6.20 Å². The SMILES string of the molecule is CN1CCC(COCC(=O)N2CCN(c3nc(-c4cnc(N)nc4C(F)F)nc(N4CCOCC4)n3)CC2)CC1. The maximum absolute atomic E-state index is 13.8. The Morgan fingerprint density at radius 3 is 2.30 bits per heavy atom. The number of nitrogens with two attached hydrogens (primary N) is 1. The van der Waals surface area contributed by atoms with Crippen LogP contribution in [0.1, 0.15) is 25.0 Å². The highest BCUT2D eigenvalue weighted by Crippen LogP contribution is 2.30. The maximum Gasteiger partial charge on any atom is 0.281 e. The molecule has 218 valence electrons. The third-order valence-electron chi connectivity index (χ3n) is 7.52. The van der Waals surface area contributed by atoms with Crippen molar-refractivity contribution in [2.45, 2.75) is 19.3 Å².